The van der Waals surface area contributed by atoms with Gasteiger partial charge in [0.25, 0.3) is 0 Å². The molecule has 2 atom stereocenters. The molecule has 3 rings (SSSR count). The third-order valence-electron chi connectivity index (χ3n) is 4.12. The van der Waals surface area contributed by atoms with Crippen LogP contribution in [0.2, 0.25) is 0 Å². The van der Waals surface area contributed by atoms with Crippen LogP contribution in [0.4, 0.5) is 4.39 Å². The molecular weight excluding hydrogens is 241 g/mol. The highest BCUT2D eigenvalue weighted by molar-refractivity contribution is 5.75. The van der Waals surface area contributed by atoms with E-state index in [1.54, 1.807) is 0 Å². The maximum absolute atomic E-state index is 14.8. The Balaban J connectivity index is 1.96. The monoisotopic (exact) mass is 261 g/mol. The van der Waals surface area contributed by atoms with Gasteiger partial charge in [0.1, 0.15) is 11.5 Å². The number of alkyl halides is 1. The molecule has 4 heteroatoms. The lowest BCUT2D eigenvalue weighted by atomic mass is 9.99. The summed E-state index contributed by atoms with van der Waals surface area (Å²) in [5.41, 5.74) is 6.71. The lowest BCUT2D eigenvalue weighted by Crippen LogP contribution is -2.27. The second-order valence-electron chi connectivity index (χ2n) is 5.59. The molecule has 0 saturated heterocycles. The van der Waals surface area contributed by atoms with Gasteiger partial charge < -0.3 is 10.3 Å². The van der Waals surface area contributed by atoms with Gasteiger partial charge in [0.2, 0.25) is 0 Å². The Labute approximate surface area is 112 Å². The maximum Gasteiger partial charge on any atom is 0.119 e. The molecule has 0 amide bonds. The van der Waals surface area contributed by atoms with Crippen molar-refractivity contribution in [2.24, 2.45) is 5.73 Å². The molecular formula is C15H20FN3. The Morgan fingerprint density at radius 1 is 1.47 bits per heavy atom. The van der Waals surface area contributed by atoms with E-state index >= 15 is 0 Å². The number of fused-ring (bicyclic) bond motifs is 1. The Kier molecular flexibility index (Phi) is 3.05. The van der Waals surface area contributed by atoms with Crippen molar-refractivity contribution in [3.05, 3.63) is 30.1 Å². The molecule has 2 aromatic rings. The molecule has 102 valence electrons. The summed E-state index contributed by atoms with van der Waals surface area (Å²) in [6, 6.07) is 7.99. The third kappa shape index (κ3) is 2.25. The third-order valence-corrected chi connectivity index (χ3v) is 4.12. The first kappa shape index (κ1) is 12.6. The summed E-state index contributed by atoms with van der Waals surface area (Å²) in [4.78, 5) is 4.60. The van der Waals surface area contributed by atoms with E-state index in [0.29, 0.717) is 19.3 Å². The fourth-order valence-corrected chi connectivity index (χ4v) is 3.18. The maximum atomic E-state index is 14.8. The van der Waals surface area contributed by atoms with Crippen LogP contribution in [0, 0.1) is 0 Å². The van der Waals surface area contributed by atoms with E-state index in [1.807, 2.05) is 24.3 Å². The highest BCUT2D eigenvalue weighted by Crippen LogP contribution is 2.36. The fraction of sp³-hybridized carbons (Fsp3) is 0.533. The normalized spacial score (nSPS) is 27.2. The summed E-state index contributed by atoms with van der Waals surface area (Å²) in [6.45, 7) is 2.89. The summed E-state index contributed by atoms with van der Waals surface area (Å²) in [7, 11) is 0. The van der Waals surface area contributed by atoms with Crippen LogP contribution in [-0.2, 0) is 13.0 Å². The Morgan fingerprint density at radius 2 is 2.26 bits per heavy atom. The Hall–Kier alpha value is -1.42. The van der Waals surface area contributed by atoms with Crippen molar-refractivity contribution < 1.29 is 4.39 Å². The Bertz CT molecular complexity index is 592. The van der Waals surface area contributed by atoms with E-state index in [4.69, 9.17) is 5.73 Å². The van der Waals surface area contributed by atoms with Gasteiger partial charge in [0.15, 0.2) is 0 Å². The SMILES string of the molecule is CCn1c(CC2(F)CCC(N)C2)nc2ccccc21. The van der Waals surface area contributed by atoms with Gasteiger partial charge in [-0.1, -0.05) is 12.1 Å². The zero-order valence-corrected chi connectivity index (χ0v) is 11.3. The van der Waals surface area contributed by atoms with Gasteiger partial charge in [-0.25, -0.2) is 9.37 Å². The standard InChI is InChI=1S/C15H20FN3/c1-2-19-13-6-4-3-5-12(13)18-14(19)10-15(16)8-7-11(17)9-15/h3-6,11H,2,7-10,17H2,1H3. The molecule has 2 N–H and O–H groups in total. The molecule has 0 bridgehead atoms. The van der Waals surface area contributed by atoms with Crippen molar-refractivity contribution >= 4 is 11.0 Å². The fourth-order valence-electron chi connectivity index (χ4n) is 3.18. The average Bonchev–Trinajstić information content (AvgIpc) is 2.89. The van der Waals surface area contributed by atoms with Crippen molar-refractivity contribution in [1.29, 1.82) is 0 Å². The number of nitrogens with zero attached hydrogens (tertiary/aromatic N) is 2. The minimum absolute atomic E-state index is 0.00412. The molecule has 19 heavy (non-hydrogen) atoms. The van der Waals surface area contributed by atoms with Crippen LogP contribution in [-0.4, -0.2) is 21.3 Å². The molecule has 1 aliphatic rings. The molecule has 1 aromatic heterocycles. The van der Waals surface area contributed by atoms with Crippen LogP contribution in [0.5, 0.6) is 0 Å². The van der Waals surface area contributed by atoms with Gasteiger partial charge in [-0.2, -0.15) is 0 Å². The van der Waals surface area contributed by atoms with Crippen LogP contribution in [0.3, 0.4) is 0 Å². The highest BCUT2D eigenvalue weighted by atomic mass is 19.1. The van der Waals surface area contributed by atoms with Crippen LogP contribution in [0.1, 0.15) is 32.0 Å². The summed E-state index contributed by atoms with van der Waals surface area (Å²) >= 11 is 0. The van der Waals surface area contributed by atoms with Crippen LogP contribution in [0.25, 0.3) is 11.0 Å². The van der Waals surface area contributed by atoms with E-state index in [0.717, 1.165) is 29.8 Å². The smallest absolute Gasteiger partial charge is 0.119 e. The quantitative estimate of drug-likeness (QED) is 0.923. The van der Waals surface area contributed by atoms with Gasteiger partial charge in [-0.15, -0.1) is 0 Å². The summed E-state index contributed by atoms with van der Waals surface area (Å²) in [6.07, 6.45) is 2.17. The van der Waals surface area contributed by atoms with Crippen molar-refractivity contribution in [3.63, 3.8) is 0 Å². The average molecular weight is 261 g/mol. The highest BCUT2D eigenvalue weighted by Gasteiger charge is 2.39. The van der Waals surface area contributed by atoms with Gasteiger partial charge in [-0.3, -0.25) is 0 Å². The summed E-state index contributed by atoms with van der Waals surface area (Å²) < 4.78 is 16.9. The molecule has 2 unspecified atom stereocenters. The number of rotatable bonds is 3. The number of imidazole rings is 1. The zero-order valence-electron chi connectivity index (χ0n) is 11.3. The second-order valence-corrected chi connectivity index (χ2v) is 5.59. The molecule has 0 aliphatic heterocycles. The minimum Gasteiger partial charge on any atom is -0.328 e. The Morgan fingerprint density at radius 3 is 2.95 bits per heavy atom. The first-order chi connectivity index (χ1) is 9.11. The van der Waals surface area contributed by atoms with E-state index in [9.17, 15) is 4.39 Å². The van der Waals surface area contributed by atoms with Crippen LogP contribution < -0.4 is 5.73 Å². The van der Waals surface area contributed by atoms with Gasteiger partial charge >= 0.3 is 0 Å². The number of nitrogens with two attached hydrogens (primary N) is 1. The van der Waals surface area contributed by atoms with Crippen LogP contribution >= 0.6 is 0 Å². The van der Waals surface area contributed by atoms with Gasteiger partial charge in [0, 0.05) is 19.0 Å². The number of hydrogen-bond donors (Lipinski definition) is 1. The van der Waals surface area contributed by atoms with Crippen molar-refractivity contribution in [2.75, 3.05) is 0 Å². The predicted octanol–water partition coefficient (Wildman–Crippen LogP) is 2.82. The molecule has 3 nitrogen and oxygen atoms in total. The summed E-state index contributed by atoms with van der Waals surface area (Å²) in [5.74, 6) is 0.848. The van der Waals surface area contributed by atoms with Gasteiger partial charge in [0.05, 0.1) is 11.0 Å². The molecule has 0 spiro atoms. The predicted molar refractivity (Wildman–Crippen MR) is 74.8 cm³/mol. The molecule has 1 aromatic carbocycles. The number of halogens is 1. The van der Waals surface area contributed by atoms with E-state index in [1.165, 1.54) is 0 Å². The molecule has 1 saturated carbocycles. The lowest BCUT2D eigenvalue weighted by molar-refractivity contribution is 0.166. The number of hydrogen-bond acceptors (Lipinski definition) is 2. The van der Waals surface area contributed by atoms with Crippen molar-refractivity contribution in [3.8, 4) is 0 Å². The minimum atomic E-state index is -1.17. The second kappa shape index (κ2) is 4.60. The topological polar surface area (TPSA) is 43.8 Å². The first-order valence-electron chi connectivity index (χ1n) is 7.00. The number of aryl methyl sites for hydroxylation is 1. The zero-order chi connectivity index (χ0) is 13.5. The first-order valence-corrected chi connectivity index (χ1v) is 7.00. The van der Waals surface area contributed by atoms with E-state index in [-0.39, 0.29) is 6.04 Å². The molecule has 1 aliphatic carbocycles. The van der Waals surface area contributed by atoms with E-state index < -0.39 is 5.67 Å². The van der Waals surface area contributed by atoms with Crippen LogP contribution in [0.15, 0.2) is 24.3 Å². The van der Waals surface area contributed by atoms with Crippen molar-refractivity contribution in [1.82, 2.24) is 9.55 Å². The lowest BCUT2D eigenvalue weighted by Gasteiger charge is -2.19. The molecule has 1 fully saturated rings. The number of para-hydroxylation sites is 2. The molecule has 1 heterocycles. The van der Waals surface area contributed by atoms with E-state index in [2.05, 4.69) is 16.5 Å². The van der Waals surface area contributed by atoms with Gasteiger partial charge in [-0.05, 0) is 38.3 Å². The van der Waals surface area contributed by atoms with Crippen molar-refractivity contribution in [2.45, 2.75) is 50.9 Å². The molecule has 0 radical (unpaired) electrons. The number of benzene rings is 1. The number of aromatic nitrogens is 2. The largest absolute Gasteiger partial charge is 0.328 e. The summed E-state index contributed by atoms with van der Waals surface area (Å²) in [5, 5.41) is 0.